The Balaban J connectivity index is 1.35. The van der Waals surface area contributed by atoms with Gasteiger partial charge in [-0.2, -0.15) is 0 Å². The van der Waals surface area contributed by atoms with E-state index >= 15 is 0 Å². The first-order chi connectivity index (χ1) is 24.1. The van der Waals surface area contributed by atoms with E-state index < -0.39 is 12.1 Å². The summed E-state index contributed by atoms with van der Waals surface area (Å²) >= 11 is 0. The van der Waals surface area contributed by atoms with Crippen molar-refractivity contribution in [2.24, 2.45) is 5.92 Å². The molecule has 0 fully saturated rings. The van der Waals surface area contributed by atoms with Crippen LogP contribution in [0, 0.1) is 5.92 Å². The quantitative estimate of drug-likeness (QED) is 0.280. The van der Waals surface area contributed by atoms with Gasteiger partial charge in [0.05, 0.1) is 36.8 Å². The third-order valence-corrected chi connectivity index (χ3v) is 8.97. The predicted molar refractivity (Wildman–Crippen MR) is 190 cm³/mol. The third-order valence-electron chi connectivity index (χ3n) is 8.97. The summed E-state index contributed by atoms with van der Waals surface area (Å²) < 4.78 is 23.5. The Labute approximate surface area is 293 Å². The highest BCUT2D eigenvalue weighted by Gasteiger charge is 2.31. The fourth-order valence-corrected chi connectivity index (χ4v) is 6.00. The fourth-order valence-electron chi connectivity index (χ4n) is 6.00. The van der Waals surface area contributed by atoms with E-state index in [0.29, 0.717) is 35.2 Å². The molecule has 2 heterocycles. The number of hydrogen-bond donors (Lipinski definition) is 3. The number of benzene rings is 3. The van der Waals surface area contributed by atoms with Crippen molar-refractivity contribution in [3.8, 4) is 17.2 Å². The van der Waals surface area contributed by atoms with Crippen LogP contribution in [0.25, 0.3) is 0 Å². The van der Waals surface area contributed by atoms with Gasteiger partial charge >= 0.3 is 6.03 Å². The highest BCUT2D eigenvalue weighted by molar-refractivity contribution is 6.00. The lowest BCUT2D eigenvalue weighted by Crippen LogP contribution is -2.48. The maximum absolute atomic E-state index is 14.4. The molecule has 12 heteroatoms. The van der Waals surface area contributed by atoms with E-state index in [0.717, 1.165) is 24.8 Å². The molecule has 0 spiro atoms. The molecule has 2 aliphatic heterocycles. The maximum Gasteiger partial charge on any atom is 0.321 e. The van der Waals surface area contributed by atoms with Crippen molar-refractivity contribution < 1.29 is 38.4 Å². The van der Waals surface area contributed by atoms with E-state index in [2.05, 4.69) is 10.6 Å². The second-order valence-corrected chi connectivity index (χ2v) is 13.1. The smallest absolute Gasteiger partial charge is 0.321 e. The van der Waals surface area contributed by atoms with Crippen LogP contribution in [0.4, 0.5) is 16.2 Å². The van der Waals surface area contributed by atoms with Gasteiger partial charge in [-0.25, -0.2) is 4.79 Å². The maximum atomic E-state index is 14.4. The zero-order chi connectivity index (χ0) is 35.6. The van der Waals surface area contributed by atoms with E-state index in [1.165, 1.54) is 0 Å². The number of carbonyl (C=O) groups is 3. The van der Waals surface area contributed by atoms with Gasteiger partial charge in [0.1, 0.15) is 5.75 Å². The third kappa shape index (κ3) is 9.66. The van der Waals surface area contributed by atoms with Crippen LogP contribution in [0.3, 0.4) is 0 Å². The van der Waals surface area contributed by atoms with Crippen LogP contribution in [0.1, 0.15) is 56.0 Å². The molecular formula is C38H48N4O8. The van der Waals surface area contributed by atoms with Gasteiger partial charge in [0, 0.05) is 50.1 Å². The van der Waals surface area contributed by atoms with Gasteiger partial charge in [-0.15, -0.1) is 0 Å². The van der Waals surface area contributed by atoms with Gasteiger partial charge < -0.3 is 44.5 Å². The first kappa shape index (κ1) is 36.5. The van der Waals surface area contributed by atoms with Crippen LogP contribution in [-0.4, -0.2) is 91.1 Å². The lowest BCUT2D eigenvalue weighted by Gasteiger charge is -2.35. The number of urea groups is 1. The number of fused-ring (bicyclic) bond motifs is 2. The summed E-state index contributed by atoms with van der Waals surface area (Å²) in [6.07, 6.45) is 1.96. The summed E-state index contributed by atoms with van der Waals surface area (Å²) in [5.41, 5.74) is 2.21. The minimum Gasteiger partial charge on any atom is -0.490 e. The van der Waals surface area contributed by atoms with Gasteiger partial charge in [-0.05, 0) is 69.0 Å². The predicted octanol–water partition coefficient (Wildman–Crippen LogP) is 5.56. The normalized spacial score (nSPS) is 20.1. The van der Waals surface area contributed by atoms with Crippen molar-refractivity contribution in [3.05, 3.63) is 77.9 Å². The van der Waals surface area contributed by atoms with Crippen molar-refractivity contribution in [2.45, 2.75) is 64.7 Å². The van der Waals surface area contributed by atoms with Crippen molar-refractivity contribution in [1.29, 1.82) is 0 Å². The molecule has 0 aliphatic carbocycles. The van der Waals surface area contributed by atoms with E-state index in [1.54, 1.807) is 60.2 Å². The number of rotatable bonds is 8. The highest BCUT2D eigenvalue weighted by Crippen LogP contribution is 2.34. The Bertz CT molecular complexity index is 1620. The summed E-state index contributed by atoms with van der Waals surface area (Å²) in [7, 11) is 1.70. The number of anilines is 2. The van der Waals surface area contributed by atoms with Gasteiger partial charge in [-0.3, -0.25) is 9.59 Å². The zero-order valence-electron chi connectivity index (χ0n) is 29.2. The van der Waals surface area contributed by atoms with Gasteiger partial charge in [0.2, 0.25) is 12.7 Å². The lowest BCUT2D eigenvalue weighted by atomic mass is 10.0. The molecule has 2 aliphatic rings. The Kier molecular flexibility index (Phi) is 12.6. The molecule has 268 valence electrons. The fraction of sp³-hybridized carbons (Fsp3) is 0.447. The van der Waals surface area contributed by atoms with Gasteiger partial charge in [-0.1, -0.05) is 37.3 Å². The van der Waals surface area contributed by atoms with Crippen molar-refractivity contribution in [1.82, 2.24) is 9.80 Å². The number of ether oxygens (including phenoxy) is 4. The van der Waals surface area contributed by atoms with Crippen molar-refractivity contribution in [2.75, 3.05) is 50.8 Å². The second kappa shape index (κ2) is 17.2. The summed E-state index contributed by atoms with van der Waals surface area (Å²) in [5, 5.41) is 16.1. The van der Waals surface area contributed by atoms with E-state index in [1.807, 2.05) is 44.2 Å². The molecule has 0 aromatic heterocycles. The monoisotopic (exact) mass is 688 g/mol. The summed E-state index contributed by atoms with van der Waals surface area (Å²) in [4.78, 5) is 43.7. The zero-order valence-corrected chi connectivity index (χ0v) is 29.2. The van der Waals surface area contributed by atoms with Crippen molar-refractivity contribution in [3.63, 3.8) is 0 Å². The average Bonchev–Trinajstić information content (AvgIpc) is 3.58. The van der Waals surface area contributed by atoms with Crippen LogP contribution in [0.15, 0.2) is 66.7 Å². The minimum absolute atomic E-state index is 0.141. The molecule has 3 N–H and O–H groups in total. The molecule has 0 saturated heterocycles. The Morgan fingerprint density at radius 3 is 2.44 bits per heavy atom. The Morgan fingerprint density at radius 2 is 1.68 bits per heavy atom. The number of aliphatic hydroxyl groups is 1. The van der Waals surface area contributed by atoms with Crippen LogP contribution in [-0.2, 0) is 16.0 Å². The number of likely N-dealkylation sites (N-methyl/N-ethyl adjacent to an activating group) is 1. The summed E-state index contributed by atoms with van der Waals surface area (Å²) in [6, 6.07) is 18.9. The van der Waals surface area contributed by atoms with E-state index in [4.69, 9.17) is 18.9 Å². The lowest BCUT2D eigenvalue weighted by molar-refractivity contribution is -0.115. The first-order valence-corrected chi connectivity index (χ1v) is 17.2. The number of nitrogens with one attached hydrogen (secondary N) is 2. The molecule has 50 heavy (non-hydrogen) atoms. The molecule has 0 radical (unpaired) electrons. The van der Waals surface area contributed by atoms with Gasteiger partial charge in [0.25, 0.3) is 5.91 Å². The molecule has 3 aromatic rings. The molecule has 4 amide bonds. The first-order valence-electron chi connectivity index (χ1n) is 17.2. The second-order valence-electron chi connectivity index (χ2n) is 13.1. The molecule has 5 rings (SSSR count). The largest absolute Gasteiger partial charge is 0.490 e. The van der Waals surface area contributed by atoms with Crippen molar-refractivity contribution >= 4 is 29.2 Å². The molecule has 0 saturated carbocycles. The SMILES string of the molecule is C[C@@H]1CCCCO[C@H](CN(C)C(=O)Nc2ccc3c(c2)OCO3)[C@H](C)CN([C@@H](C)CO)C(=O)c2cc(NC(=O)Cc3ccccc3)ccc2O1. The molecule has 0 bridgehead atoms. The molecule has 12 nitrogen and oxygen atoms in total. The average molecular weight is 689 g/mol. The summed E-state index contributed by atoms with van der Waals surface area (Å²) in [5.74, 6) is 0.829. The molecule has 3 aromatic carbocycles. The summed E-state index contributed by atoms with van der Waals surface area (Å²) in [6.45, 7) is 6.58. The number of aliphatic hydroxyl groups excluding tert-OH is 1. The van der Waals surface area contributed by atoms with Crippen LogP contribution in [0.2, 0.25) is 0 Å². The molecule has 0 unspecified atom stereocenters. The van der Waals surface area contributed by atoms with Crippen LogP contribution >= 0.6 is 0 Å². The number of amides is 4. The van der Waals surface area contributed by atoms with Crippen LogP contribution in [0.5, 0.6) is 17.2 Å². The number of hydrogen-bond acceptors (Lipinski definition) is 8. The molecule has 4 atom stereocenters. The highest BCUT2D eigenvalue weighted by atomic mass is 16.7. The minimum atomic E-state index is -0.535. The topological polar surface area (TPSA) is 139 Å². The number of carbonyl (C=O) groups excluding carboxylic acids is 3. The number of nitrogens with zero attached hydrogens (tertiary/aromatic N) is 2. The van der Waals surface area contributed by atoms with E-state index in [9.17, 15) is 19.5 Å². The Morgan fingerprint density at radius 1 is 0.960 bits per heavy atom. The molecular weight excluding hydrogens is 640 g/mol. The standard InChI is InChI=1S/C38H48N4O8/c1-25-21-42(26(2)23-43)37(45)31-19-29(39-36(44)18-28-11-6-5-7-12-28)13-15-32(31)50-27(3)10-8-9-17-47-35(25)22-41(4)38(46)40-30-14-16-33-34(20-30)49-24-48-33/h5-7,11-16,19-20,25-27,35,43H,8-10,17-18,21-24H2,1-4H3,(H,39,44)(H,40,46)/t25-,26+,27-,35-/m1/s1. The Hall–Kier alpha value is -4.81. The van der Waals surface area contributed by atoms with Gasteiger partial charge in [0.15, 0.2) is 11.5 Å². The van der Waals surface area contributed by atoms with E-state index in [-0.39, 0.29) is 68.3 Å². The van der Waals surface area contributed by atoms with Crippen LogP contribution < -0.4 is 24.8 Å².